The molecule has 0 bridgehead atoms. The van der Waals surface area contributed by atoms with Crippen LogP contribution in [0.4, 0.5) is 0 Å². The number of carbonyl (C=O) groups excluding carboxylic acids is 1. The van der Waals surface area contributed by atoms with Crippen LogP contribution >= 0.6 is 0 Å². The Labute approximate surface area is 95.0 Å². The van der Waals surface area contributed by atoms with Gasteiger partial charge < -0.3 is 15.6 Å². The molecule has 3 N–H and O–H groups in total. The van der Waals surface area contributed by atoms with Gasteiger partial charge in [0.15, 0.2) is 0 Å². The van der Waals surface area contributed by atoms with Crippen LogP contribution in [0.15, 0.2) is 18.7 Å². The van der Waals surface area contributed by atoms with Crippen LogP contribution in [0.3, 0.4) is 0 Å². The van der Waals surface area contributed by atoms with E-state index in [-0.39, 0.29) is 5.91 Å². The Morgan fingerprint density at radius 3 is 3.12 bits per heavy atom. The second kappa shape index (κ2) is 4.25. The SMILES string of the molecule is CCNC1(C(N)=O)CCC(n2ccnc2)C1. The van der Waals surface area contributed by atoms with E-state index in [4.69, 9.17) is 5.73 Å². The Balaban J connectivity index is 2.13. The molecule has 1 heterocycles. The summed E-state index contributed by atoms with van der Waals surface area (Å²) < 4.78 is 2.06. The van der Waals surface area contributed by atoms with E-state index in [1.807, 2.05) is 13.1 Å². The lowest BCUT2D eigenvalue weighted by Crippen LogP contribution is -2.53. The smallest absolute Gasteiger partial charge is 0.237 e. The summed E-state index contributed by atoms with van der Waals surface area (Å²) in [7, 11) is 0. The minimum atomic E-state index is -0.524. The van der Waals surface area contributed by atoms with Crippen molar-refractivity contribution in [1.29, 1.82) is 0 Å². The lowest BCUT2D eigenvalue weighted by Gasteiger charge is -2.26. The van der Waals surface area contributed by atoms with Crippen LogP contribution in [0, 0.1) is 0 Å². The molecule has 1 saturated carbocycles. The zero-order valence-corrected chi connectivity index (χ0v) is 9.52. The maximum Gasteiger partial charge on any atom is 0.237 e. The predicted molar refractivity (Wildman–Crippen MR) is 60.7 cm³/mol. The first-order valence-corrected chi connectivity index (χ1v) is 5.70. The van der Waals surface area contributed by atoms with E-state index in [2.05, 4.69) is 14.9 Å². The highest BCUT2D eigenvalue weighted by molar-refractivity contribution is 5.85. The van der Waals surface area contributed by atoms with E-state index < -0.39 is 5.54 Å². The molecule has 1 aliphatic rings. The summed E-state index contributed by atoms with van der Waals surface area (Å²) in [5.74, 6) is -0.239. The number of amides is 1. The molecule has 0 saturated heterocycles. The molecule has 5 nitrogen and oxygen atoms in total. The minimum Gasteiger partial charge on any atom is -0.368 e. The summed E-state index contributed by atoms with van der Waals surface area (Å²) in [5.41, 5.74) is 4.98. The third kappa shape index (κ3) is 1.82. The van der Waals surface area contributed by atoms with Crippen molar-refractivity contribution in [2.45, 2.75) is 37.8 Å². The molecule has 16 heavy (non-hydrogen) atoms. The van der Waals surface area contributed by atoms with Gasteiger partial charge in [0.1, 0.15) is 0 Å². The second-order valence-electron chi connectivity index (χ2n) is 4.38. The number of imidazole rings is 1. The Kier molecular flexibility index (Phi) is 2.96. The summed E-state index contributed by atoms with van der Waals surface area (Å²) >= 11 is 0. The maximum absolute atomic E-state index is 11.6. The second-order valence-corrected chi connectivity index (χ2v) is 4.38. The highest BCUT2D eigenvalue weighted by atomic mass is 16.1. The fourth-order valence-electron chi connectivity index (χ4n) is 2.57. The van der Waals surface area contributed by atoms with Gasteiger partial charge in [0, 0.05) is 18.4 Å². The molecule has 0 aromatic carbocycles. The number of aromatic nitrogens is 2. The molecule has 2 atom stereocenters. The van der Waals surface area contributed by atoms with Crippen molar-refractivity contribution in [3.8, 4) is 0 Å². The molecular weight excluding hydrogens is 204 g/mol. The third-order valence-corrected chi connectivity index (χ3v) is 3.42. The van der Waals surface area contributed by atoms with Gasteiger partial charge in [-0.25, -0.2) is 4.98 Å². The van der Waals surface area contributed by atoms with Crippen molar-refractivity contribution in [1.82, 2.24) is 14.9 Å². The van der Waals surface area contributed by atoms with E-state index in [9.17, 15) is 4.79 Å². The molecule has 88 valence electrons. The first-order valence-electron chi connectivity index (χ1n) is 5.70. The Morgan fingerprint density at radius 2 is 2.56 bits per heavy atom. The number of carbonyl (C=O) groups is 1. The van der Waals surface area contributed by atoms with Crippen molar-refractivity contribution in [3.63, 3.8) is 0 Å². The van der Waals surface area contributed by atoms with Gasteiger partial charge in [-0.05, 0) is 25.8 Å². The van der Waals surface area contributed by atoms with Crippen molar-refractivity contribution >= 4 is 5.91 Å². The van der Waals surface area contributed by atoms with Gasteiger partial charge in [0.25, 0.3) is 0 Å². The van der Waals surface area contributed by atoms with E-state index in [0.717, 1.165) is 25.8 Å². The quantitative estimate of drug-likeness (QED) is 0.776. The van der Waals surface area contributed by atoms with E-state index >= 15 is 0 Å². The Hall–Kier alpha value is -1.36. The van der Waals surface area contributed by atoms with Crippen molar-refractivity contribution in [2.24, 2.45) is 5.73 Å². The van der Waals surface area contributed by atoms with Crippen molar-refractivity contribution in [2.75, 3.05) is 6.54 Å². The third-order valence-electron chi connectivity index (χ3n) is 3.42. The van der Waals surface area contributed by atoms with E-state index in [0.29, 0.717) is 6.04 Å². The van der Waals surface area contributed by atoms with Gasteiger partial charge in [0.05, 0.1) is 11.9 Å². The first-order chi connectivity index (χ1) is 7.68. The molecule has 0 aliphatic heterocycles. The number of nitrogens with one attached hydrogen (secondary N) is 1. The number of nitrogens with two attached hydrogens (primary N) is 1. The lowest BCUT2D eigenvalue weighted by molar-refractivity contribution is -0.124. The molecule has 1 aromatic rings. The zero-order chi connectivity index (χ0) is 11.6. The van der Waals surface area contributed by atoms with Crippen molar-refractivity contribution in [3.05, 3.63) is 18.7 Å². The minimum absolute atomic E-state index is 0.239. The lowest BCUT2D eigenvalue weighted by atomic mass is 9.96. The number of likely N-dealkylation sites (N-methyl/N-ethyl adjacent to an activating group) is 1. The topological polar surface area (TPSA) is 72.9 Å². The summed E-state index contributed by atoms with van der Waals surface area (Å²) in [6.07, 6.45) is 8.02. The first kappa shape index (κ1) is 11.1. The highest BCUT2D eigenvalue weighted by Crippen LogP contribution is 2.37. The number of primary amides is 1. The molecule has 5 heteroatoms. The van der Waals surface area contributed by atoms with Gasteiger partial charge in [0.2, 0.25) is 5.91 Å². The molecule has 1 aromatic heterocycles. The standard InChI is InChI=1S/C11H18N4O/c1-2-14-11(10(12)16)4-3-9(7-11)15-6-5-13-8-15/h5-6,8-9,14H,2-4,7H2,1H3,(H2,12,16). The summed E-state index contributed by atoms with van der Waals surface area (Å²) in [5, 5.41) is 3.24. The summed E-state index contributed by atoms with van der Waals surface area (Å²) in [4.78, 5) is 15.6. The zero-order valence-electron chi connectivity index (χ0n) is 9.52. The molecule has 2 rings (SSSR count). The van der Waals surface area contributed by atoms with Crippen molar-refractivity contribution < 1.29 is 4.79 Å². The van der Waals surface area contributed by atoms with Crippen LogP contribution < -0.4 is 11.1 Å². The normalized spacial score (nSPS) is 29.4. The number of hydrogen-bond donors (Lipinski definition) is 2. The molecule has 0 spiro atoms. The molecule has 1 amide bonds. The van der Waals surface area contributed by atoms with Gasteiger partial charge >= 0.3 is 0 Å². The summed E-state index contributed by atoms with van der Waals surface area (Å²) in [6.45, 7) is 2.76. The average Bonchev–Trinajstić information content (AvgIpc) is 2.84. The maximum atomic E-state index is 11.6. The predicted octanol–water partition coefficient (Wildman–Crippen LogP) is 0.442. The molecule has 2 unspecified atom stereocenters. The monoisotopic (exact) mass is 222 g/mol. The van der Waals surface area contributed by atoms with Crippen LogP contribution in [0.1, 0.15) is 32.2 Å². The van der Waals surface area contributed by atoms with E-state index in [1.165, 1.54) is 0 Å². The number of hydrogen-bond acceptors (Lipinski definition) is 3. The van der Waals surface area contributed by atoms with E-state index in [1.54, 1.807) is 12.5 Å². The number of nitrogens with zero attached hydrogens (tertiary/aromatic N) is 2. The van der Waals surface area contributed by atoms with Crippen LogP contribution in [0.5, 0.6) is 0 Å². The Bertz CT molecular complexity index is 362. The van der Waals surface area contributed by atoms with Gasteiger partial charge in [-0.15, -0.1) is 0 Å². The molecule has 0 radical (unpaired) electrons. The molecule has 1 aliphatic carbocycles. The Morgan fingerprint density at radius 1 is 1.75 bits per heavy atom. The average molecular weight is 222 g/mol. The van der Waals surface area contributed by atoms with Gasteiger partial charge in [-0.2, -0.15) is 0 Å². The fourth-order valence-corrected chi connectivity index (χ4v) is 2.57. The molecule has 1 fully saturated rings. The van der Waals surface area contributed by atoms with Gasteiger partial charge in [-0.1, -0.05) is 6.92 Å². The van der Waals surface area contributed by atoms with Gasteiger partial charge in [-0.3, -0.25) is 4.79 Å². The highest BCUT2D eigenvalue weighted by Gasteiger charge is 2.43. The van der Waals surface area contributed by atoms with Crippen LogP contribution in [0.25, 0.3) is 0 Å². The number of rotatable bonds is 4. The summed E-state index contributed by atoms with van der Waals surface area (Å²) in [6, 6.07) is 0.328. The van der Waals surface area contributed by atoms with Crippen LogP contribution in [-0.4, -0.2) is 27.5 Å². The molecular formula is C11H18N4O. The van der Waals surface area contributed by atoms with Crippen LogP contribution in [-0.2, 0) is 4.79 Å². The van der Waals surface area contributed by atoms with Crippen LogP contribution in [0.2, 0.25) is 0 Å². The largest absolute Gasteiger partial charge is 0.368 e. The fraction of sp³-hybridized carbons (Fsp3) is 0.636.